The summed E-state index contributed by atoms with van der Waals surface area (Å²) in [6, 6.07) is 6.00. The molecule has 3 aromatic rings. The van der Waals surface area contributed by atoms with E-state index in [1.165, 1.54) is 39.0 Å². The first-order valence-corrected chi connectivity index (χ1v) is 18.3. The number of phenolic OH excluding ortho intramolecular Hbond substituents is 3. The van der Waals surface area contributed by atoms with Crippen LogP contribution in [0.3, 0.4) is 0 Å². The Kier molecular flexibility index (Phi) is 7.45. The topological polar surface area (TPSA) is 73.0 Å². The first-order chi connectivity index (χ1) is 40.1. The fourth-order valence-electron chi connectivity index (χ4n) is 4.17. The Bertz CT molecular complexity index is 2690. The van der Waals surface area contributed by atoms with Crippen LogP contribution in [0.4, 0.5) is 0 Å². The van der Waals surface area contributed by atoms with E-state index in [0.29, 0.717) is 11.1 Å². The third kappa shape index (κ3) is 18.9. The van der Waals surface area contributed by atoms with E-state index >= 15 is 0 Å². The van der Waals surface area contributed by atoms with Gasteiger partial charge in [0.15, 0.2) is 0 Å². The first kappa shape index (κ1) is 19.4. The second-order valence-corrected chi connectivity index (χ2v) is 17.3. The van der Waals surface area contributed by atoms with Gasteiger partial charge in [-0.3, -0.25) is 0 Å². The molecule has 3 N–H and O–H groups in total. The van der Waals surface area contributed by atoms with Crippen LogP contribution in [0.15, 0.2) is 51.2 Å². The molecule has 0 aromatic heterocycles. The van der Waals surface area contributed by atoms with E-state index < -0.39 is 166 Å². The maximum absolute atomic E-state index is 11.3. The summed E-state index contributed by atoms with van der Waals surface area (Å²) in [5.74, 6) is -3.30. The number of phenols is 3. The third-order valence-electron chi connectivity index (χ3n) is 7.31. The Hall–Kier alpha value is -1.67. The minimum absolute atomic E-state index is 0.0389. The number of halogens is 3. The van der Waals surface area contributed by atoms with Crippen molar-refractivity contribution in [2.45, 2.75) is 182 Å². The third-order valence-corrected chi connectivity index (χ3v) is 7.91. The molecule has 0 atom stereocenters. The second-order valence-electron chi connectivity index (χ2n) is 15.4. The summed E-state index contributed by atoms with van der Waals surface area (Å²) in [5, 5.41) is 32.2. The van der Waals surface area contributed by atoms with Gasteiger partial charge in [-0.2, -0.15) is 0 Å². The molecule has 0 saturated carbocycles. The quantitative estimate of drug-likeness (QED) is 0.103. The standard InChI is InChI=1S/C18H30O.C14H21BrO.C14H22O.CH2Cl2.BHNS/c1-16(2,3)12-10-13(17(4,5)6)15(19)14(11-12)18(7,8)9;1-13(2,3)9-7-10(14(4,5)6)12(16)11(15)8-9;1-13(2,3)10-7-8-12(15)11(9-10)14(4,5)6;2-1-3;1-2-3/h10-11,19H,1-9H3;7-8,16H,1-6H3;7-9,15H,1-6H3;1H2;3H/i4D3,5D3,6D3,7D3,8D3,9D3;4D3,5D3,6D3;4D3,5D3,6D3,8D;;. The molecule has 0 aliphatic heterocycles. The van der Waals surface area contributed by atoms with Gasteiger partial charge in [-0.15, -0.1) is 23.2 Å². The summed E-state index contributed by atoms with van der Waals surface area (Å²) < 4.78 is 293. The number of nitrogens with zero attached hydrogens (tertiary/aromatic N) is 1. The van der Waals surface area contributed by atoms with E-state index in [-0.39, 0.29) is 15.4 Å². The molecule has 1 radical (unpaired) electrons. The predicted molar refractivity (Wildman–Crippen MR) is 257 cm³/mol. The molecule has 0 unspecified atom stereocenters. The molecule has 9 heteroatoms. The number of benzene rings is 3. The van der Waals surface area contributed by atoms with Crippen LogP contribution in [0.25, 0.3) is 0 Å². The van der Waals surface area contributed by atoms with Gasteiger partial charge in [0.05, 0.1) is 11.2 Å². The average molecular weight is 934 g/mol. The van der Waals surface area contributed by atoms with Crippen LogP contribution in [0, 0.1) is 0 Å². The molecule has 0 spiro atoms. The van der Waals surface area contributed by atoms with Crippen LogP contribution < -0.4 is 0 Å². The summed E-state index contributed by atoms with van der Waals surface area (Å²) in [7, 11) is 4.34. The van der Waals surface area contributed by atoms with Gasteiger partial charge < -0.3 is 15.3 Å². The zero-order valence-electron chi connectivity index (χ0n) is 69.6. The molecule has 3 aromatic carbocycles. The number of thiol groups is 1. The molecule has 0 fully saturated rings. The summed E-state index contributed by atoms with van der Waals surface area (Å²) in [5.41, 5.74) is -20.0. The first-order valence-electron chi connectivity index (χ1n) is 34.6. The van der Waals surface area contributed by atoms with Crippen LogP contribution in [0.2, 0.25) is 0 Å². The molecule has 0 saturated heterocycles. The minimum atomic E-state index is -3.91. The molecule has 3 rings (SSSR count). The Morgan fingerprint density at radius 3 is 1.14 bits per heavy atom. The van der Waals surface area contributed by atoms with Crippen LogP contribution in [0.1, 0.15) is 234 Å². The summed E-state index contributed by atoms with van der Waals surface area (Å²) in [4.78, 5) is 0. The molecule has 0 heterocycles. The van der Waals surface area contributed by atoms with Gasteiger partial charge in [0.2, 0.25) is 0 Å². The van der Waals surface area contributed by atoms with Crippen molar-refractivity contribution >= 4 is 59.6 Å². The average Bonchev–Trinajstić information content (AvgIpc) is 0.701. The Morgan fingerprint density at radius 1 is 0.571 bits per heavy atom. The van der Waals surface area contributed by atoms with Gasteiger partial charge in [-0.1, -0.05) is 175 Å². The Labute approximate surface area is 420 Å². The van der Waals surface area contributed by atoms with E-state index in [1.54, 1.807) is 41.5 Å². The zero-order valence-corrected chi connectivity index (χ0v) is 36.6. The Morgan fingerprint density at radius 2 is 0.839 bits per heavy atom. The van der Waals surface area contributed by atoms with E-state index in [4.69, 9.17) is 73.9 Å². The number of rotatable bonds is 0. The second kappa shape index (κ2) is 21.5. The molecule has 4 nitrogen and oxygen atoms in total. The van der Waals surface area contributed by atoms with E-state index in [0.717, 1.165) is 18.2 Å². The van der Waals surface area contributed by atoms with E-state index in [9.17, 15) is 15.3 Å². The SMILES string of the molecule is ClCCl.[2H]C([2H])([2H])C(c1cc(C(C)(C)C)cc(Br)c1O)(C([2H])([2H])[2H])C([2H])([2H])[2H].[2H]C([2H])([2H])C(c1cc(C(C)(C)C)cc(C(C([2H])([2H])[2H])(C([2H])([2H])[2H])C([2H])([2H])[2H])c1O)(C([2H])([2H])[2H])C([2H])([2H])[2H].[2H]c1cc(C(C)(C)C)cc(C(C([2H])([2H])[2H])(C([2H])([2H])[2H])C([2H])([2H])[2H])c1O.[B]=NS. The molecule has 0 aliphatic carbocycles. The van der Waals surface area contributed by atoms with Crippen molar-refractivity contribution < 1.29 is 66.0 Å². The van der Waals surface area contributed by atoms with Crippen molar-refractivity contribution in [2.24, 2.45) is 4.30 Å². The number of aromatic hydroxyl groups is 3. The van der Waals surface area contributed by atoms with Gasteiger partial charge in [0.25, 0.3) is 0 Å². The predicted octanol–water partition coefficient (Wildman–Crippen LogP) is 15.6. The van der Waals surface area contributed by atoms with Gasteiger partial charge in [-0.05, 0) is 99.3 Å². The fourth-order valence-corrected chi connectivity index (χ4v) is 4.63. The van der Waals surface area contributed by atoms with Crippen molar-refractivity contribution in [3.8, 4) is 17.2 Å². The number of alkyl halides is 2. The summed E-state index contributed by atoms with van der Waals surface area (Å²) in [6.07, 6.45) is 0. The molecule has 0 amide bonds. The van der Waals surface area contributed by atoms with Crippen LogP contribution >= 0.6 is 51.9 Å². The van der Waals surface area contributed by atoms with Crippen molar-refractivity contribution in [3.63, 3.8) is 0 Å². The van der Waals surface area contributed by atoms with Crippen molar-refractivity contribution in [2.75, 3.05) is 5.34 Å². The fraction of sp³-hybridized carbons (Fsp3) is 0.617. The van der Waals surface area contributed by atoms with Crippen molar-refractivity contribution in [1.82, 2.24) is 0 Å². The Balaban J connectivity index is 0. The van der Waals surface area contributed by atoms with Gasteiger partial charge >= 0.3 is 24.8 Å². The molecule has 0 aliphatic rings. The van der Waals surface area contributed by atoms with E-state index in [1.807, 2.05) is 0 Å². The monoisotopic (exact) mass is 932 g/mol. The van der Waals surface area contributed by atoms with Gasteiger partial charge in [0.1, 0.15) is 17.2 Å². The van der Waals surface area contributed by atoms with Gasteiger partial charge in [0, 0.05) is 54.9 Å². The zero-order chi connectivity index (χ0) is 76.1. The number of hydrogen-bond donors (Lipinski definition) is 4. The maximum atomic E-state index is 11.3. The summed E-state index contributed by atoms with van der Waals surface area (Å²) in [6.45, 7) is -29.1. The van der Waals surface area contributed by atoms with Crippen molar-refractivity contribution in [1.29, 1.82) is 0 Å². The van der Waals surface area contributed by atoms with Crippen LogP contribution in [-0.4, -0.2) is 28.3 Å². The van der Waals surface area contributed by atoms with Crippen LogP contribution in [-0.2, 0) is 37.9 Å². The van der Waals surface area contributed by atoms with Crippen molar-refractivity contribution in [3.05, 3.63) is 85.9 Å². The van der Waals surface area contributed by atoms with Gasteiger partial charge in [-0.25, -0.2) is 0 Å². The molecule has 56 heavy (non-hydrogen) atoms. The normalized spacial score (nSPS) is 24.8. The molecule has 0 bridgehead atoms. The molecule has 317 valence electrons. The molecular formula is C47H76BBrCl2NO3S. The summed E-state index contributed by atoms with van der Waals surface area (Å²) >= 11 is 15.8. The molecular weight excluding hydrogens is 820 g/mol. The number of hydrogen-bond acceptors (Lipinski definition) is 5. The van der Waals surface area contributed by atoms with Crippen LogP contribution in [0.5, 0.6) is 17.2 Å². The van der Waals surface area contributed by atoms with E-state index in [2.05, 4.69) is 40.7 Å².